The molecule has 17 heavy (non-hydrogen) atoms. The Bertz CT molecular complexity index is 505. The van der Waals surface area contributed by atoms with Crippen LogP contribution in [0.2, 0.25) is 0 Å². The summed E-state index contributed by atoms with van der Waals surface area (Å²) < 4.78 is 15.9. The number of nitrogens with two attached hydrogens (primary N) is 1. The van der Waals surface area contributed by atoms with Crippen molar-refractivity contribution in [3.05, 3.63) is 35.8 Å². The molecule has 0 atom stereocenters. The molecule has 2 N–H and O–H groups in total. The molecule has 1 heterocycles. The van der Waals surface area contributed by atoms with E-state index in [1.807, 2.05) is 42.7 Å². The molecule has 1 amide bonds. The van der Waals surface area contributed by atoms with Crippen molar-refractivity contribution in [1.82, 2.24) is 4.57 Å². The molecule has 0 saturated carbocycles. The van der Waals surface area contributed by atoms with Crippen molar-refractivity contribution in [2.24, 2.45) is 5.73 Å². The number of hydrogen-bond acceptors (Lipinski definition) is 1. The lowest BCUT2D eigenvalue weighted by atomic mass is 10.2. The molecule has 0 aliphatic heterocycles. The number of carbonyl (C=O) groups is 1. The quantitative estimate of drug-likeness (QED) is 0.800. The van der Waals surface area contributed by atoms with Crippen LogP contribution in [0.4, 0.5) is 4.39 Å². The maximum Gasteiger partial charge on any atom is 0.204 e. The number of fused-ring (bicyclic) bond motifs is 1. The van der Waals surface area contributed by atoms with Gasteiger partial charge >= 0.3 is 0 Å². The van der Waals surface area contributed by atoms with Crippen molar-refractivity contribution < 1.29 is 9.18 Å². The molecular weight excluding hydrogens is 219 g/mol. The van der Waals surface area contributed by atoms with Gasteiger partial charge in [-0.05, 0) is 25.5 Å². The average Bonchev–Trinajstić information content (AvgIpc) is 2.63. The van der Waals surface area contributed by atoms with E-state index in [2.05, 4.69) is 5.73 Å². The summed E-state index contributed by atoms with van der Waals surface area (Å²) in [6, 6.07) is 7.65. The Morgan fingerprint density at radius 1 is 1.35 bits per heavy atom. The topological polar surface area (TPSA) is 48.0 Å². The first-order chi connectivity index (χ1) is 8.21. The van der Waals surface area contributed by atoms with E-state index >= 15 is 0 Å². The fourth-order valence-electron chi connectivity index (χ4n) is 2.02. The number of aryl methyl sites for hydroxylation is 1. The number of rotatable bonds is 2. The van der Waals surface area contributed by atoms with Gasteiger partial charge in [0.15, 0.2) is 5.82 Å². The van der Waals surface area contributed by atoms with Crippen LogP contribution in [-0.4, -0.2) is 11.0 Å². The van der Waals surface area contributed by atoms with Gasteiger partial charge in [-0.2, -0.15) is 0 Å². The van der Waals surface area contributed by atoms with E-state index in [4.69, 9.17) is 4.79 Å². The second kappa shape index (κ2) is 6.03. The lowest BCUT2D eigenvalue weighted by Crippen LogP contribution is -1.99. The summed E-state index contributed by atoms with van der Waals surface area (Å²) in [5.74, 6) is -0.0510. The Morgan fingerprint density at radius 3 is 2.47 bits per heavy atom. The van der Waals surface area contributed by atoms with Crippen molar-refractivity contribution in [3.63, 3.8) is 0 Å². The average molecular weight is 236 g/mol. The largest absolute Gasteiger partial charge is 0.372 e. The van der Waals surface area contributed by atoms with E-state index in [1.165, 1.54) is 0 Å². The SMILES string of the molecule is CCc1c(F)c2ccccc2n1CC.NC=O. The monoisotopic (exact) mass is 236 g/mol. The maximum absolute atomic E-state index is 13.9. The van der Waals surface area contributed by atoms with Crippen molar-refractivity contribution in [3.8, 4) is 0 Å². The lowest BCUT2D eigenvalue weighted by molar-refractivity contribution is -0.106. The smallest absolute Gasteiger partial charge is 0.204 e. The van der Waals surface area contributed by atoms with Gasteiger partial charge in [0.05, 0.1) is 11.2 Å². The first kappa shape index (κ1) is 13.2. The summed E-state index contributed by atoms with van der Waals surface area (Å²) in [4.78, 5) is 8.58. The highest BCUT2D eigenvalue weighted by Gasteiger charge is 2.13. The molecule has 0 aliphatic carbocycles. The van der Waals surface area contributed by atoms with E-state index in [9.17, 15) is 4.39 Å². The molecule has 4 heteroatoms. The van der Waals surface area contributed by atoms with Gasteiger partial charge in [-0.3, -0.25) is 4.79 Å². The van der Waals surface area contributed by atoms with Crippen molar-refractivity contribution in [2.45, 2.75) is 26.8 Å². The van der Waals surface area contributed by atoms with Crippen LogP contribution < -0.4 is 5.73 Å². The molecule has 0 radical (unpaired) electrons. The lowest BCUT2D eigenvalue weighted by Gasteiger charge is -2.04. The van der Waals surface area contributed by atoms with Gasteiger partial charge in [0.2, 0.25) is 6.41 Å². The zero-order valence-corrected chi connectivity index (χ0v) is 10.1. The van der Waals surface area contributed by atoms with Gasteiger partial charge < -0.3 is 10.3 Å². The second-order valence-electron chi connectivity index (χ2n) is 3.51. The number of halogens is 1. The third-order valence-electron chi connectivity index (χ3n) is 2.66. The highest BCUT2D eigenvalue weighted by atomic mass is 19.1. The molecule has 92 valence electrons. The van der Waals surface area contributed by atoms with Gasteiger partial charge in [-0.1, -0.05) is 19.1 Å². The zero-order valence-electron chi connectivity index (χ0n) is 10.1. The molecule has 3 nitrogen and oxygen atoms in total. The Balaban J connectivity index is 0.000000437. The molecule has 0 fully saturated rings. The summed E-state index contributed by atoms with van der Waals surface area (Å²) >= 11 is 0. The van der Waals surface area contributed by atoms with Crippen molar-refractivity contribution in [2.75, 3.05) is 0 Å². The molecule has 2 rings (SSSR count). The van der Waals surface area contributed by atoms with Crippen molar-refractivity contribution in [1.29, 1.82) is 0 Å². The second-order valence-corrected chi connectivity index (χ2v) is 3.51. The van der Waals surface area contributed by atoms with E-state index in [1.54, 1.807) is 0 Å². The number of benzene rings is 1. The highest BCUT2D eigenvalue weighted by molar-refractivity contribution is 5.82. The summed E-state index contributed by atoms with van der Waals surface area (Å²) in [5.41, 5.74) is 5.98. The van der Waals surface area contributed by atoms with E-state index in [-0.39, 0.29) is 12.2 Å². The number of aromatic nitrogens is 1. The third kappa shape index (κ3) is 2.46. The number of carbonyl (C=O) groups excluding carboxylic acids is 1. The number of amides is 1. The fourth-order valence-corrected chi connectivity index (χ4v) is 2.02. The number of para-hydroxylation sites is 1. The summed E-state index contributed by atoms with van der Waals surface area (Å²) in [6.45, 7) is 4.86. The van der Waals surface area contributed by atoms with Crippen LogP contribution in [-0.2, 0) is 17.8 Å². The van der Waals surface area contributed by atoms with Crippen LogP contribution in [0.1, 0.15) is 19.5 Å². The minimum absolute atomic E-state index is 0.0510. The van der Waals surface area contributed by atoms with Crippen molar-refractivity contribution >= 4 is 17.3 Å². The van der Waals surface area contributed by atoms with Gasteiger partial charge in [0.1, 0.15) is 0 Å². The molecule has 0 spiro atoms. The summed E-state index contributed by atoms with van der Waals surface area (Å²) in [5, 5.41) is 0.742. The van der Waals surface area contributed by atoms with Crippen LogP contribution in [0.3, 0.4) is 0 Å². The Labute approximate surface area is 100 Å². The molecule has 2 aromatic rings. The van der Waals surface area contributed by atoms with E-state index < -0.39 is 0 Å². The molecule has 1 aromatic carbocycles. The number of primary amides is 1. The van der Waals surface area contributed by atoms with E-state index in [0.29, 0.717) is 0 Å². The normalized spacial score (nSPS) is 9.82. The Morgan fingerprint density at radius 2 is 1.94 bits per heavy atom. The molecule has 0 unspecified atom stereocenters. The van der Waals surface area contributed by atoms with Crippen LogP contribution in [0, 0.1) is 5.82 Å². The zero-order chi connectivity index (χ0) is 12.8. The summed E-state index contributed by atoms with van der Waals surface area (Å²) in [7, 11) is 0. The van der Waals surface area contributed by atoms with Crippen LogP contribution >= 0.6 is 0 Å². The minimum Gasteiger partial charge on any atom is -0.372 e. The standard InChI is InChI=1S/C12H14FN.CH3NO/c1-3-10-12(13)9-7-5-6-8-11(9)14(10)4-2;2-1-3/h5-8H,3-4H2,1-2H3;1H,(H2,2,3). The fraction of sp³-hybridized carbons (Fsp3) is 0.308. The first-order valence-electron chi connectivity index (χ1n) is 5.62. The summed E-state index contributed by atoms with van der Waals surface area (Å²) in [6.07, 6.45) is 0.994. The predicted molar refractivity (Wildman–Crippen MR) is 67.2 cm³/mol. The Kier molecular flexibility index (Phi) is 4.69. The maximum atomic E-state index is 13.9. The van der Waals surface area contributed by atoms with Gasteiger partial charge in [0, 0.05) is 11.9 Å². The van der Waals surface area contributed by atoms with Gasteiger partial charge in [0.25, 0.3) is 0 Å². The Hall–Kier alpha value is -1.84. The van der Waals surface area contributed by atoms with E-state index in [0.717, 1.165) is 29.6 Å². The van der Waals surface area contributed by atoms with Crippen LogP contribution in [0.15, 0.2) is 24.3 Å². The van der Waals surface area contributed by atoms with Crippen LogP contribution in [0.5, 0.6) is 0 Å². The molecular formula is C13H17FN2O. The highest BCUT2D eigenvalue weighted by Crippen LogP contribution is 2.24. The third-order valence-corrected chi connectivity index (χ3v) is 2.66. The first-order valence-corrected chi connectivity index (χ1v) is 5.62. The predicted octanol–water partition coefficient (Wildman–Crippen LogP) is 2.46. The molecule has 0 bridgehead atoms. The molecule has 0 aliphatic rings. The van der Waals surface area contributed by atoms with Gasteiger partial charge in [-0.15, -0.1) is 0 Å². The minimum atomic E-state index is -0.0510. The van der Waals surface area contributed by atoms with Gasteiger partial charge in [-0.25, -0.2) is 4.39 Å². The van der Waals surface area contributed by atoms with Crippen LogP contribution in [0.25, 0.3) is 10.9 Å². The number of hydrogen-bond donors (Lipinski definition) is 1. The molecule has 0 saturated heterocycles. The number of nitrogens with zero attached hydrogens (tertiary/aromatic N) is 1. The molecule has 1 aromatic heterocycles.